The molecular weight excluding hydrogens is 275 g/mol. The van der Waals surface area contributed by atoms with Crippen LogP contribution >= 0.6 is 15.9 Å². The summed E-state index contributed by atoms with van der Waals surface area (Å²) in [6.07, 6.45) is 2.67. The van der Waals surface area contributed by atoms with Gasteiger partial charge in [-0.1, -0.05) is 0 Å². The van der Waals surface area contributed by atoms with Crippen molar-refractivity contribution >= 4 is 15.9 Å². The van der Waals surface area contributed by atoms with Crippen molar-refractivity contribution in [2.24, 2.45) is 5.41 Å². The van der Waals surface area contributed by atoms with Crippen LogP contribution in [0.4, 0.5) is 4.39 Å². The van der Waals surface area contributed by atoms with Gasteiger partial charge in [-0.2, -0.15) is 0 Å². The molecule has 86 valence electrons. The molecule has 0 bridgehead atoms. The Hall–Kier alpha value is -0.520. The summed E-state index contributed by atoms with van der Waals surface area (Å²) in [6, 6.07) is 1.53. The predicted octanol–water partition coefficient (Wildman–Crippen LogP) is 1.51. The lowest BCUT2D eigenvalue weighted by molar-refractivity contribution is -0.207. The Labute approximate surface area is 102 Å². The summed E-state index contributed by atoms with van der Waals surface area (Å²) in [5, 5.41) is 3.26. The zero-order valence-electron chi connectivity index (χ0n) is 8.67. The average Bonchev–Trinajstić information content (AvgIpc) is 2.16. The van der Waals surface area contributed by atoms with Crippen LogP contribution in [0, 0.1) is 11.2 Å². The fourth-order valence-corrected chi connectivity index (χ4v) is 2.49. The molecule has 5 heteroatoms. The van der Waals surface area contributed by atoms with Crippen LogP contribution in [0.25, 0.3) is 0 Å². The molecule has 1 atom stereocenters. The van der Waals surface area contributed by atoms with E-state index in [-0.39, 0.29) is 16.5 Å². The predicted molar refractivity (Wildman–Crippen MR) is 60.6 cm³/mol. The third-order valence-electron chi connectivity index (χ3n) is 3.48. The average molecular weight is 287 g/mol. The molecule has 3 heterocycles. The van der Waals surface area contributed by atoms with Crippen molar-refractivity contribution in [3.8, 4) is 0 Å². The molecule has 1 aromatic rings. The summed E-state index contributed by atoms with van der Waals surface area (Å²) >= 11 is 3.05. The van der Waals surface area contributed by atoms with Crippen molar-refractivity contribution in [2.75, 3.05) is 19.7 Å². The summed E-state index contributed by atoms with van der Waals surface area (Å²) in [5.74, 6) is -0.308. The van der Waals surface area contributed by atoms with Crippen molar-refractivity contribution in [1.29, 1.82) is 0 Å². The highest BCUT2D eigenvalue weighted by Gasteiger charge is 2.52. The SMILES string of the molecule is Fc1cc(CC2OCC23CNC3)cnc1Br. The molecule has 1 spiro atoms. The van der Waals surface area contributed by atoms with Crippen LogP contribution in [-0.4, -0.2) is 30.8 Å². The summed E-state index contributed by atoms with van der Waals surface area (Å²) in [4.78, 5) is 3.95. The second kappa shape index (κ2) is 3.75. The fraction of sp³-hybridized carbons (Fsp3) is 0.545. The minimum atomic E-state index is -0.308. The Balaban J connectivity index is 1.72. The summed E-state index contributed by atoms with van der Waals surface area (Å²) < 4.78 is 19.1. The van der Waals surface area contributed by atoms with Gasteiger partial charge in [0.2, 0.25) is 0 Å². The van der Waals surface area contributed by atoms with E-state index in [1.54, 1.807) is 6.20 Å². The number of hydrogen-bond donors (Lipinski definition) is 1. The van der Waals surface area contributed by atoms with Gasteiger partial charge in [0.1, 0.15) is 4.60 Å². The summed E-state index contributed by atoms with van der Waals surface area (Å²) in [5.41, 5.74) is 1.21. The standard InChI is InChI=1S/C11H12BrFN2O/c12-10-8(13)1-7(3-15-10)2-9-11(6-16-9)4-14-5-11/h1,3,9,14H,2,4-6H2. The van der Waals surface area contributed by atoms with Crippen LogP contribution < -0.4 is 5.32 Å². The molecule has 2 aliphatic heterocycles. The second-order valence-corrected chi connectivity index (χ2v) is 5.34. The van der Waals surface area contributed by atoms with E-state index in [1.807, 2.05) is 0 Å². The Bertz CT molecular complexity index is 417. The third kappa shape index (κ3) is 1.58. The Morgan fingerprint density at radius 2 is 2.44 bits per heavy atom. The number of ether oxygens (including phenoxy) is 1. The first-order valence-electron chi connectivity index (χ1n) is 5.32. The van der Waals surface area contributed by atoms with Crippen molar-refractivity contribution in [2.45, 2.75) is 12.5 Å². The summed E-state index contributed by atoms with van der Waals surface area (Å²) in [6.45, 7) is 2.87. The molecule has 0 saturated carbocycles. The van der Waals surface area contributed by atoms with Crippen LogP contribution in [0.15, 0.2) is 16.9 Å². The van der Waals surface area contributed by atoms with Gasteiger partial charge in [-0.25, -0.2) is 9.37 Å². The first kappa shape index (κ1) is 10.6. The Morgan fingerprint density at radius 1 is 1.62 bits per heavy atom. The van der Waals surface area contributed by atoms with Crippen molar-refractivity contribution in [1.82, 2.24) is 10.3 Å². The van der Waals surface area contributed by atoms with E-state index >= 15 is 0 Å². The van der Waals surface area contributed by atoms with E-state index < -0.39 is 0 Å². The third-order valence-corrected chi connectivity index (χ3v) is 4.07. The lowest BCUT2D eigenvalue weighted by Crippen LogP contribution is -2.69. The normalized spacial score (nSPS) is 26.2. The highest BCUT2D eigenvalue weighted by Crippen LogP contribution is 2.40. The molecule has 3 rings (SSSR count). The smallest absolute Gasteiger partial charge is 0.156 e. The van der Waals surface area contributed by atoms with Crippen molar-refractivity contribution in [3.63, 3.8) is 0 Å². The monoisotopic (exact) mass is 286 g/mol. The van der Waals surface area contributed by atoms with Crippen LogP contribution in [0.3, 0.4) is 0 Å². The molecule has 2 aliphatic rings. The molecular formula is C11H12BrFN2O. The number of rotatable bonds is 2. The van der Waals surface area contributed by atoms with Gasteiger partial charge in [0.25, 0.3) is 0 Å². The minimum absolute atomic E-state index is 0.219. The van der Waals surface area contributed by atoms with Crippen LogP contribution in [-0.2, 0) is 11.2 Å². The molecule has 1 aromatic heterocycles. The number of aromatic nitrogens is 1. The topological polar surface area (TPSA) is 34.1 Å². The van der Waals surface area contributed by atoms with Crippen LogP contribution in [0.1, 0.15) is 5.56 Å². The van der Waals surface area contributed by atoms with Gasteiger partial charge in [-0.3, -0.25) is 0 Å². The molecule has 0 aliphatic carbocycles. The van der Waals surface area contributed by atoms with Gasteiger partial charge < -0.3 is 10.1 Å². The zero-order valence-corrected chi connectivity index (χ0v) is 10.3. The fourth-order valence-electron chi connectivity index (χ4n) is 2.27. The van der Waals surface area contributed by atoms with Gasteiger partial charge in [-0.15, -0.1) is 0 Å². The van der Waals surface area contributed by atoms with Crippen molar-refractivity contribution in [3.05, 3.63) is 28.2 Å². The van der Waals surface area contributed by atoms with Gasteiger partial charge in [-0.05, 0) is 27.6 Å². The molecule has 2 fully saturated rings. The molecule has 0 aromatic carbocycles. The van der Waals surface area contributed by atoms with E-state index in [0.29, 0.717) is 5.41 Å². The van der Waals surface area contributed by atoms with E-state index in [4.69, 9.17) is 4.74 Å². The van der Waals surface area contributed by atoms with E-state index in [0.717, 1.165) is 31.7 Å². The second-order valence-electron chi connectivity index (χ2n) is 4.59. The minimum Gasteiger partial charge on any atom is -0.376 e. The Kier molecular flexibility index (Phi) is 2.49. The molecule has 1 unspecified atom stereocenters. The van der Waals surface area contributed by atoms with Crippen molar-refractivity contribution < 1.29 is 9.13 Å². The van der Waals surface area contributed by atoms with Gasteiger partial charge in [0.05, 0.1) is 12.7 Å². The number of pyridine rings is 1. The molecule has 0 amide bonds. The quantitative estimate of drug-likeness (QED) is 0.837. The molecule has 1 N–H and O–H groups in total. The largest absolute Gasteiger partial charge is 0.376 e. The number of hydrogen-bond acceptors (Lipinski definition) is 3. The van der Waals surface area contributed by atoms with Gasteiger partial charge in [0.15, 0.2) is 5.82 Å². The molecule has 0 radical (unpaired) electrons. The lowest BCUT2D eigenvalue weighted by atomic mass is 9.71. The number of nitrogens with one attached hydrogen (secondary N) is 1. The highest BCUT2D eigenvalue weighted by atomic mass is 79.9. The zero-order chi connectivity index (χ0) is 11.2. The van der Waals surface area contributed by atoms with E-state index in [2.05, 4.69) is 26.2 Å². The Morgan fingerprint density at radius 3 is 2.94 bits per heavy atom. The molecule has 3 nitrogen and oxygen atoms in total. The van der Waals surface area contributed by atoms with Crippen LogP contribution in [0.5, 0.6) is 0 Å². The van der Waals surface area contributed by atoms with Crippen LogP contribution in [0.2, 0.25) is 0 Å². The summed E-state index contributed by atoms with van der Waals surface area (Å²) in [7, 11) is 0. The highest BCUT2D eigenvalue weighted by molar-refractivity contribution is 9.10. The molecule has 2 saturated heterocycles. The number of nitrogens with zero attached hydrogens (tertiary/aromatic N) is 1. The van der Waals surface area contributed by atoms with E-state index in [1.165, 1.54) is 6.07 Å². The number of halogens is 2. The van der Waals surface area contributed by atoms with Gasteiger partial charge >= 0.3 is 0 Å². The maximum Gasteiger partial charge on any atom is 0.156 e. The lowest BCUT2D eigenvalue weighted by Gasteiger charge is -2.55. The maximum atomic E-state index is 13.3. The van der Waals surface area contributed by atoms with E-state index in [9.17, 15) is 4.39 Å². The molecule has 16 heavy (non-hydrogen) atoms. The first-order chi connectivity index (χ1) is 7.70. The first-order valence-corrected chi connectivity index (χ1v) is 6.11. The van der Waals surface area contributed by atoms with Gasteiger partial charge in [0, 0.05) is 31.1 Å². The maximum absolute atomic E-state index is 13.3.